The molecular weight excluding hydrogens is 380 g/mol. The van der Waals surface area contributed by atoms with Crippen LogP contribution in [0.1, 0.15) is 23.7 Å². The highest BCUT2D eigenvalue weighted by Gasteiger charge is 2.25. The van der Waals surface area contributed by atoms with Gasteiger partial charge in [-0.2, -0.15) is 0 Å². The van der Waals surface area contributed by atoms with Gasteiger partial charge in [-0.05, 0) is 43.7 Å². The van der Waals surface area contributed by atoms with Crippen molar-refractivity contribution in [2.75, 3.05) is 32.9 Å². The second-order valence-electron chi connectivity index (χ2n) is 6.40. The largest absolute Gasteiger partial charge is 0.490 e. The molecule has 1 heterocycles. The van der Waals surface area contributed by atoms with Gasteiger partial charge in [0.1, 0.15) is 19.0 Å². The summed E-state index contributed by atoms with van der Waals surface area (Å²) in [5, 5.41) is 0. The molecule has 0 aromatic heterocycles. The van der Waals surface area contributed by atoms with E-state index in [1.54, 1.807) is 23.1 Å². The van der Waals surface area contributed by atoms with E-state index in [1.165, 1.54) is 0 Å². The topological polar surface area (TPSA) is 74.0 Å². The summed E-state index contributed by atoms with van der Waals surface area (Å²) >= 11 is 0. The zero-order chi connectivity index (χ0) is 19.1. The Hall–Kier alpha value is -2.44. The van der Waals surface area contributed by atoms with E-state index in [4.69, 9.17) is 19.9 Å². The third-order valence-corrected chi connectivity index (χ3v) is 4.36. The fraction of sp³-hybridized carbons (Fsp3) is 0.381. The second kappa shape index (κ2) is 10.8. The zero-order valence-electron chi connectivity index (χ0n) is 16.0. The first-order chi connectivity index (χ1) is 13.2. The van der Waals surface area contributed by atoms with Gasteiger partial charge in [0, 0.05) is 24.7 Å². The molecule has 0 spiro atoms. The predicted octanol–water partition coefficient (Wildman–Crippen LogP) is 3.14. The van der Waals surface area contributed by atoms with Crippen LogP contribution in [0.2, 0.25) is 0 Å². The van der Waals surface area contributed by atoms with Gasteiger partial charge < -0.3 is 24.8 Å². The Morgan fingerprint density at radius 2 is 1.82 bits per heavy atom. The van der Waals surface area contributed by atoms with Crippen LogP contribution in [0.5, 0.6) is 17.2 Å². The first kappa shape index (κ1) is 21.9. The van der Waals surface area contributed by atoms with Crippen molar-refractivity contribution in [2.24, 2.45) is 5.73 Å². The van der Waals surface area contributed by atoms with Crippen molar-refractivity contribution in [3.8, 4) is 17.2 Å². The van der Waals surface area contributed by atoms with Crippen LogP contribution >= 0.6 is 12.4 Å². The van der Waals surface area contributed by atoms with Gasteiger partial charge in [0.25, 0.3) is 5.91 Å². The first-order valence-electron chi connectivity index (χ1n) is 9.29. The number of hydrogen-bond donors (Lipinski definition) is 1. The maximum Gasteiger partial charge on any atom is 0.254 e. The number of nitrogens with zero attached hydrogens (tertiary/aromatic N) is 1. The van der Waals surface area contributed by atoms with Crippen LogP contribution < -0.4 is 19.9 Å². The molecule has 0 bridgehead atoms. The molecule has 1 aliphatic rings. The molecule has 1 atom stereocenters. The molecule has 7 heteroatoms. The minimum Gasteiger partial charge on any atom is -0.490 e. The Labute approximate surface area is 172 Å². The van der Waals surface area contributed by atoms with Gasteiger partial charge in [-0.25, -0.2) is 0 Å². The Bertz CT molecular complexity index is 757. The van der Waals surface area contributed by atoms with E-state index < -0.39 is 0 Å². The van der Waals surface area contributed by atoms with Crippen LogP contribution in [0.25, 0.3) is 0 Å². The van der Waals surface area contributed by atoms with E-state index in [1.807, 2.05) is 37.3 Å². The molecule has 2 N–H and O–H groups in total. The number of ether oxygens (including phenoxy) is 3. The van der Waals surface area contributed by atoms with E-state index in [-0.39, 0.29) is 24.4 Å². The van der Waals surface area contributed by atoms with Gasteiger partial charge in [0.05, 0.1) is 6.61 Å². The van der Waals surface area contributed by atoms with E-state index >= 15 is 0 Å². The number of amides is 1. The number of hydrogen-bond acceptors (Lipinski definition) is 5. The molecule has 28 heavy (non-hydrogen) atoms. The number of carbonyl (C=O) groups is 1. The number of benzene rings is 2. The second-order valence-corrected chi connectivity index (χ2v) is 6.40. The first-order valence-corrected chi connectivity index (χ1v) is 9.29. The number of para-hydroxylation sites is 1. The number of halogens is 1. The minimum absolute atomic E-state index is 0. The normalized spacial score (nSPS) is 15.6. The summed E-state index contributed by atoms with van der Waals surface area (Å²) in [7, 11) is 0. The number of likely N-dealkylation sites (tertiary alicyclic amines) is 1. The van der Waals surface area contributed by atoms with Crippen molar-refractivity contribution in [2.45, 2.75) is 19.4 Å². The molecule has 2 aromatic rings. The highest BCUT2D eigenvalue weighted by molar-refractivity contribution is 5.95. The smallest absolute Gasteiger partial charge is 0.254 e. The molecule has 1 aliphatic heterocycles. The Morgan fingerprint density at radius 1 is 1.07 bits per heavy atom. The maximum absolute atomic E-state index is 12.6. The third-order valence-electron chi connectivity index (χ3n) is 4.36. The van der Waals surface area contributed by atoms with Crippen LogP contribution in [0.3, 0.4) is 0 Å². The standard InChI is InChI=1S/C21H26N2O4.ClH/c1-2-25-20-14-16(21(24)23-11-10-17(22)15-23)8-9-19(20)27-13-12-26-18-6-4-3-5-7-18;/h3-9,14,17H,2,10-13,15,22H2,1H3;1H/t17-;/m1./s1. The van der Waals surface area contributed by atoms with Crippen molar-refractivity contribution in [1.29, 1.82) is 0 Å². The van der Waals surface area contributed by atoms with Crippen LogP contribution in [0.4, 0.5) is 0 Å². The Morgan fingerprint density at radius 3 is 2.50 bits per heavy atom. The zero-order valence-corrected chi connectivity index (χ0v) is 16.8. The minimum atomic E-state index is -0.0251. The maximum atomic E-state index is 12.6. The molecule has 0 unspecified atom stereocenters. The average Bonchev–Trinajstić information content (AvgIpc) is 3.13. The van der Waals surface area contributed by atoms with E-state index in [9.17, 15) is 4.79 Å². The SMILES string of the molecule is CCOc1cc(C(=O)N2CC[C@@H](N)C2)ccc1OCCOc1ccccc1.Cl. The average molecular weight is 407 g/mol. The fourth-order valence-electron chi connectivity index (χ4n) is 3.01. The molecule has 0 saturated carbocycles. The van der Waals surface area contributed by atoms with Crippen LogP contribution in [-0.4, -0.2) is 49.8 Å². The third kappa shape index (κ3) is 5.78. The van der Waals surface area contributed by atoms with Gasteiger partial charge in [-0.15, -0.1) is 12.4 Å². The van der Waals surface area contributed by atoms with Crippen LogP contribution in [0.15, 0.2) is 48.5 Å². The summed E-state index contributed by atoms with van der Waals surface area (Å²) < 4.78 is 17.1. The molecule has 2 aromatic carbocycles. The summed E-state index contributed by atoms with van der Waals surface area (Å²) in [6, 6.07) is 14.9. The molecule has 0 aliphatic carbocycles. The molecule has 1 fully saturated rings. The highest BCUT2D eigenvalue weighted by Crippen LogP contribution is 2.29. The summed E-state index contributed by atoms with van der Waals surface area (Å²) in [6.45, 7) is 4.47. The number of nitrogens with two attached hydrogens (primary N) is 1. The van der Waals surface area contributed by atoms with Crippen LogP contribution in [0, 0.1) is 0 Å². The lowest BCUT2D eigenvalue weighted by Crippen LogP contribution is -2.31. The number of carbonyl (C=O) groups excluding carboxylic acids is 1. The van der Waals surface area contributed by atoms with Crippen molar-refractivity contribution < 1.29 is 19.0 Å². The summed E-state index contributed by atoms with van der Waals surface area (Å²) in [6.07, 6.45) is 0.840. The van der Waals surface area contributed by atoms with Gasteiger partial charge >= 0.3 is 0 Å². The van der Waals surface area contributed by atoms with Gasteiger partial charge in [0.2, 0.25) is 0 Å². The molecule has 0 radical (unpaired) electrons. The van der Waals surface area contributed by atoms with Gasteiger partial charge in [0.15, 0.2) is 11.5 Å². The lowest BCUT2D eigenvalue weighted by molar-refractivity contribution is 0.0790. The van der Waals surface area contributed by atoms with Crippen molar-refractivity contribution in [1.82, 2.24) is 4.90 Å². The molecule has 3 rings (SSSR count). The molecule has 152 valence electrons. The lowest BCUT2D eigenvalue weighted by atomic mass is 10.1. The van der Waals surface area contributed by atoms with E-state index in [0.717, 1.165) is 12.2 Å². The molecule has 1 saturated heterocycles. The summed E-state index contributed by atoms with van der Waals surface area (Å²) in [5.74, 6) is 1.94. The number of rotatable bonds is 8. The lowest BCUT2D eigenvalue weighted by Gasteiger charge is -2.18. The van der Waals surface area contributed by atoms with Crippen molar-refractivity contribution in [3.05, 3.63) is 54.1 Å². The highest BCUT2D eigenvalue weighted by atomic mass is 35.5. The predicted molar refractivity (Wildman–Crippen MR) is 111 cm³/mol. The van der Waals surface area contributed by atoms with E-state index in [0.29, 0.717) is 50.0 Å². The van der Waals surface area contributed by atoms with Crippen molar-refractivity contribution in [3.63, 3.8) is 0 Å². The summed E-state index contributed by atoms with van der Waals surface area (Å²) in [5.41, 5.74) is 6.49. The quantitative estimate of drug-likeness (QED) is 0.682. The van der Waals surface area contributed by atoms with E-state index in [2.05, 4.69) is 0 Å². The monoisotopic (exact) mass is 406 g/mol. The molecule has 1 amide bonds. The molecular formula is C21H27ClN2O4. The molecule has 6 nitrogen and oxygen atoms in total. The summed E-state index contributed by atoms with van der Waals surface area (Å²) in [4.78, 5) is 14.4. The van der Waals surface area contributed by atoms with Crippen molar-refractivity contribution >= 4 is 18.3 Å². The van der Waals surface area contributed by atoms with Gasteiger partial charge in [-0.3, -0.25) is 4.79 Å². The Kier molecular flexibility index (Phi) is 8.42. The Balaban J connectivity index is 0.00000280. The van der Waals surface area contributed by atoms with Gasteiger partial charge in [-0.1, -0.05) is 18.2 Å². The van der Waals surface area contributed by atoms with Crippen LogP contribution in [-0.2, 0) is 0 Å². The fourth-order valence-corrected chi connectivity index (χ4v) is 3.01.